The first-order valence-corrected chi connectivity index (χ1v) is 5.76. The van der Waals surface area contributed by atoms with E-state index in [2.05, 4.69) is 10.6 Å². The first kappa shape index (κ1) is 11.8. The minimum atomic E-state index is -3.28. The number of hydrogen-bond donors (Lipinski definition) is 1. The van der Waals surface area contributed by atoms with E-state index in [4.69, 9.17) is 18.0 Å². The molecule has 0 aromatic heterocycles. The van der Waals surface area contributed by atoms with Gasteiger partial charge in [-0.05, 0) is 6.42 Å². The second-order valence-corrected chi connectivity index (χ2v) is 4.50. The first-order chi connectivity index (χ1) is 5.55. The fourth-order valence-corrected chi connectivity index (χ4v) is 2.21. The minimum absolute atomic E-state index is 0.0797. The van der Waals surface area contributed by atoms with Gasteiger partial charge in [0.1, 0.15) is 0 Å². The summed E-state index contributed by atoms with van der Waals surface area (Å²) in [4.78, 5) is 0. The van der Waals surface area contributed by atoms with Crippen molar-refractivity contribution in [3.63, 3.8) is 0 Å². The molecule has 5 heteroatoms. The van der Waals surface area contributed by atoms with Gasteiger partial charge in [-0.2, -0.15) is 0 Å². The SMILES string of the molecule is C#CC(CC)NS(=O)(=O)CCCl. The molecule has 0 aliphatic heterocycles. The summed E-state index contributed by atoms with van der Waals surface area (Å²) in [6.07, 6.45) is 5.66. The van der Waals surface area contributed by atoms with Gasteiger partial charge in [0, 0.05) is 5.88 Å². The van der Waals surface area contributed by atoms with Gasteiger partial charge in [0.15, 0.2) is 0 Å². The zero-order chi connectivity index (χ0) is 9.61. The van der Waals surface area contributed by atoms with Gasteiger partial charge in [-0.1, -0.05) is 12.8 Å². The molecular formula is C7H12ClNO2S. The van der Waals surface area contributed by atoms with Gasteiger partial charge < -0.3 is 0 Å². The van der Waals surface area contributed by atoms with E-state index >= 15 is 0 Å². The molecule has 70 valence electrons. The van der Waals surface area contributed by atoms with Gasteiger partial charge in [0.25, 0.3) is 0 Å². The van der Waals surface area contributed by atoms with E-state index in [9.17, 15) is 8.42 Å². The highest BCUT2D eigenvalue weighted by molar-refractivity contribution is 7.89. The highest BCUT2D eigenvalue weighted by Crippen LogP contribution is 1.94. The smallest absolute Gasteiger partial charge is 0.212 e. The molecule has 0 aromatic rings. The molecule has 0 radical (unpaired) electrons. The lowest BCUT2D eigenvalue weighted by Gasteiger charge is -2.09. The highest BCUT2D eigenvalue weighted by Gasteiger charge is 2.13. The molecule has 0 bridgehead atoms. The Kier molecular flexibility index (Phi) is 5.31. The molecule has 0 aromatic carbocycles. The third-order valence-corrected chi connectivity index (χ3v) is 3.08. The van der Waals surface area contributed by atoms with E-state index in [1.165, 1.54) is 0 Å². The van der Waals surface area contributed by atoms with Gasteiger partial charge in [0.05, 0.1) is 11.8 Å². The van der Waals surface area contributed by atoms with E-state index < -0.39 is 16.1 Å². The zero-order valence-electron chi connectivity index (χ0n) is 6.88. The Bertz CT molecular complexity index is 255. The van der Waals surface area contributed by atoms with Crippen LogP contribution in [0.15, 0.2) is 0 Å². The molecule has 0 saturated heterocycles. The standard InChI is InChI=1S/C7H12ClNO2S/c1-3-7(4-2)9-12(10,11)6-5-8/h1,7,9H,4-6H2,2H3. The van der Waals surface area contributed by atoms with Crippen molar-refractivity contribution in [2.24, 2.45) is 0 Å². The van der Waals surface area contributed by atoms with E-state index in [-0.39, 0.29) is 11.6 Å². The van der Waals surface area contributed by atoms with Gasteiger partial charge >= 0.3 is 0 Å². The molecule has 12 heavy (non-hydrogen) atoms. The molecule has 1 atom stereocenters. The summed E-state index contributed by atoms with van der Waals surface area (Å²) >= 11 is 5.29. The number of sulfonamides is 1. The molecule has 0 fully saturated rings. The van der Waals surface area contributed by atoms with Crippen LogP contribution in [0.2, 0.25) is 0 Å². The molecule has 0 rings (SSSR count). The van der Waals surface area contributed by atoms with Crippen LogP contribution in [0.4, 0.5) is 0 Å². The lowest BCUT2D eigenvalue weighted by molar-refractivity contribution is 0.572. The van der Waals surface area contributed by atoms with E-state index in [1.54, 1.807) is 0 Å². The van der Waals surface area contributed by atoms with E-state index in [1.807, 2.05) is 6.92 Å². The maximum atomic E-state index is 11.1. The van der Waals surface area contributed by atoms with Gasteiger partial charge in [-0.3, -0.25) is 0 Å². The number of terminal acetylenes is 1. The van der Waals surface area contributed by atoms with Gasteiger partial charge in [0.2, 0.25) is 10.0 Å². The number of nitrogens with one attached hydrogen (secondary N) is 1. The Balaban J connectivity index is 4.16. The molecule has 3 nitrogen and oxygen atoms in total. The van der Waals surface area contributed by atoms with Crippen LogP contribution < -0.4 is 4.72 Å². The average molecular weight is 210 g/mol. The molecule has 0 spiro atoms. The fourth-order valence-electron chi connectivity index (χ4n) is 0.612. The Morgan fingerprint density at radius 2 is 2.25 bits per heavy atom. The summed E-state index contributed by atoms with van der Waals surface area (Å²) in [5.41, 5.74) is 0. The van der Waals surface area contributed by atoms with Crippen LogP contribution >= 0.6 is 11.6 Å². The van der Waals surface area contributed by atoms with E-state index in [0.717, 1.165) is 0 Å². The largest absolute Gasteiger partial charge is 0.213 e. The molecular weight excluding hydrogens is 198 g/mol. The quantitative estimate of drug-likeness (QED) is 0.531. The van der Waals surface area contributed by atoms with Crippen LogP contribution in [0.1, 0.15) is 13.3 Å². The van der Waals surface area contributed by atoms with Crippen molar-refractivity contribution in [2.45, 2.75) is 19.4 Å². The Labute approximate surface area is 78.5 Å². The van der Waals surface area contributed by atoms with Crippen LogP contribution in [-0.4, -0.2) is 26.1 Å². The maximum Gasteiger partial charge on any atom is 0.213 e. The zero-order valence-corrected chi connectivity index (χ0v) is 8.45. The predicted octanol–water partition coefficient (Wildman–Crippen LogP) is 0.556. The van der Waals surface area contributed by atoms with Crippen molar-refractivity contribution in [2.75, 3.05) is 11.6 Å². The number of halogens is 1. The molecule has 0 aliphatic carbocycles. The lowest BCUT2D eigenvalue weighted by Crippen LogP contribution is -2.35. The van der Waals surface area contributed by atoms with Crippen molar-refractivity contribution >= 4 is 21.6 Å². The molecule has 0 amide bonds. The van der Waals surface area contributed by atoms with Crippen molar-refractivity contribution in [1.82, 2.24) is 4.72 Å². The third-order valence-electron chi connectivity index (χ3n) is 1.28. The Hall–Kier alpha value is -0.240. The molecule has 1 unspecified atom stereocenters. The van der Waals surface area contributed by atoms with Crippen molar-refractivity contribution < 1.29 is 8.42 Å². The second kappa shape index (κ2) is 5.41. The second-order valence-electron chi connectivity index (χ2n) is 2.25. The predicted molar refractivity (Wildman–Crippen MR) is 50.6 cm³/mol. The first-order valence-electron chi connectivity index (χ1n) is 3.57. The average Bonchev–Trinajstić information content (AvgIpc) is 2.00. The normalized spacial score (nSPS) is 13.8. The highest BCUT2D eigenvalue weighted by atomic mass is 35.5. The summed E-state index contributed by atoms with van der Waals surface area (Å²) in [6.45, 7) is 1.81. The lowest BCUT2D eigenvalue weighted by atomic mass is 10.3. The van der Waals surface area contributed by atoms with Gasteiger partial charge in [-0.15, -0.1) is 18.0 Å². The Morgan fingerprint density at radius 1 is 1.67 bits per heavy atom. The van der Waals surface area contributed by atoms with Crippen LogP contribution in [0, 0.1) is 12.3 Å². The summed E-state index contributed by atoms with van der Waals surface area (Å²) < 4.78 is 24.5. The fraction of sp³-hybridized carbons (Fsp3) is 0.714. The summed E-state index contributed by atoms with van der Waals surface area (Å²) in [7, 11) is -3.28. The summed E-state index contributed by atoms with van der Waals surface area (Å²) in [6, 6.07) is -0.418. The topological polar surface area (TPSA) is 46.2 Å². The van der Waals surface area contributed by atoms with Crippen LogP contribution in [0.3, 0.4) is 0 Å². The van der Waals surface area contributed by atoms with Crippen molar-refractivity contribution in [1.29, 1.82) is 0 Å². The van der Waals surface area contributed by atoms with Crippen molar-refractivity contribution in [3.8, 4) is 12.3 Å². The summed E-state index contributed by atoms with van der Waals surface area (Å²) in [5.74, 6) is 2.32. The van der Waals surface area contributed by atoms with Crippen molar-refractivity contribution in [3.05, 3.63) is 0 Å². The van der Waals surface area contributed by atoms with Crippen LogP contribution in [-0.2, 0) is 10.0 Å². The third kappa shape index (κ3) is 4.60. The van der Waals surface area contributed by atoms with Gasteiger partial charge in [-0.25, -0.2) is 13.1 Å². The Morgan fingerprint density at radius 3 is 2.58 bits per heavy atom. The molecule has 0 aliphatic rings. The maximum absolute atomic E-state index is 11.1. The van der Waals surface area contributed by atoms with Crippen LogP contribution in [0.5, 0.6) is 0 Å². The molecule has 0 heterocycles. The molecule has 0 saturated carbocycles. The number of hydrogen-bond acceptors (Lipinski definition) is 2. The number of alkyl halides is 1. The van der Waals surface area contributed by atoms with Crippen LogP contribution in [0.25, 0.3) is 0 Å². The number of rotatable bonds is 5. The van der Waals surface area contributed by atoms with E-state index in [0.29, 0.717) is 6.42 Å². The monoisotopic (exact) mass is 209 g/mol. The summed E-state index contributed by atoms with van der Waals surface area (Å²) in [5, 5.41) is 0. The molecule has 1 N–H and O–H groups in total. The minimum Gasteiger partial charge on any atom is -0.212 e.